The lowest BCUT2D eigenvalue weighted by atomic mass is 9.98. The molecule has 3 aromatic heterocycles. The number of unbranched alkanes of at least 4 members (excludes halogenated alkanes) is 2. The second-order valence-corrected chi connectivity index (χ2v) is 8.36. The van der Waals surface area contributed by atoms with Gasteiger partial charge in [0.15, 0.2) is 0 Å². The second-order valence-electron chi connectivity index (χ2n) is 8.36. The van der Waals surface area contributed by atoms with Gasteiger partial charge >= 0.3 is 0 Å². The van der Waals surface area contributed by atoms with Gasteiger partial charge in [-0.05, 0) is 55.5 Å². The van der Waals surface area contributed by atoms with E-state index in [4.69, 9.17) is 10.1 Å². The first-order valence-corrected chi connectivity index (χ1v) is 11.2. The number of aromatic nitrogens is 5. The van der Waals surface area contributed by atoms with Gasteiger partial charge in [-0.25, -0.2) is 4.98 Å². The third-order valence-corrected chi connectivity index (χ3v) is 6.13. The van der Waals surface area contributed by atoms with Gasteiger partial charge in [-0.1, -0.05) is 31.9 Å². The van der Waals surface area contributed by atoms with Crippen LogP contribution in [-0.2, 0) is 26.4 Å². The van der Waals surface area contributed by atoms with Crippen molar-refractivity contribution in [1.29, 1.82) is 0 Å². The van der Waals surface area contributed by atoms with E-state index in [0.29, 0.717) is 10.9 Å². The van der Waals surface area contributed by atoms with Crippen molar-refractivity contribution in [3.8, 4) is 22.5 Å². The standard InChI is InChI=1S/C25H27N5O/c1-3-4-5-8-18-9-6-10-21(27-18)24-23(22-11-7-14-30(22)28-24)17-12-13-20-19(15-17)25(31)29(2)16-26-20/h6,9-10,12-13,15-16H,3-5,7-8,11,14H2,1-2H3. The van der Waals surface area contributed by atoms with Crippen LogP contribution < -0.4 is 5.56 Å². The first-order valence-electron chi connectivity index (χ1n) is 11.2. The Morgan fingerprint density at radius 2 is 2.03 bits per heavy atom. The van der Waals surface area contributed by atoms with Crippen LogP contribution >= 0.6 is 0 Å². The summed E-state index contributed by atoms with van der Waals surface area (Å²) in [5.74, 6) is 0. The van der Waals surface area contributed by atoms with Crippen LogP contribution in [0.4, 0.5) is 0 Å². The molecule has 0 atom stereocenters. The average Bonchev–Trinajstić information content (AvgIpc) is 3.38. The van der Waals surface area contributed by atoms with E-state index in [2.05, 4.69) is 34.8 Å². The average molecular weight is 414 g/mol. The number of hydrogen-bond acceptors (Lipinski definition) is 4. The Morgan fingerprint density at radius 3 is 2.90 bits per heavy atom. The zero-order valence-electron chi connectivity index (χ0n) is 18.1. The van der Waals surface area contributed by atoms with Gasteiger partial charge in [-0.3, -0.25) is 14.5 Å². The van der Waals surface area contributed by atoms with E-state index in [9.17, 15) is 4.79 Å². The SMILES string of the molecule is CCCCCc1cccc(-c2nn3c(c2-c2ccc4ncn(C)c(=O)c4c2)CCC3)n1. The Bertz CT molecular complexity index is 1320. The van der Waals surface area contributed by atoms with Crippen molar-refractivity contribution in [3.63, 3.8) is 0 Å². The van der Waals surface area contributed by atoms with Crippen LogP contribution in [0.1, 0.15) is 44.0 Å². The van der Waals surface area contributed by atoms with Crippen LogP contribution in [0.3, 0.4) is 0 Å². The van der Waals surface area contributed by atoms with Gasteiger partial charge in [0.25, 0.3) is 5.56 Å². The molecule has 6 nitrogen and oxygen atoms in total. The molecule has 0 fully saturated rings. The minimum Gasteiger partial charge on any atom is -0.302 e. The highest BCUT2D eigenvalue weighted by molar-refractivity contribution is 5.88. The van der Waals surface area contributed by atoms with Crippen molar-refractivity contribution in [3.05, 3.63) is 64.5 Å². The molecule has 0 unspecified atom stereocenters. The van der Waals surface area contributed by atoms with E-state index >= 15 is 0 Å². The van der Waals surface area contributed by atoms with E-state index in [1.165, 1.54) is 23.1 Å². The number of hydrogen-bond donors (Lipinski definition) is 0. The summed E-state index contributed by atoms with van der Waals surface area (Å²) in [5.41, 5.74) is 6.95. The van der Waals surface area contributed by atoms with Crippen molar-refractivity contribution in [2.45, 2.75) is 52.0 Å². The lowest BCUT2D eigenvalue weighted by Crippen LogP contribution is -2.16. The van der Waals surface area contributed by atoms with Gasteiger partial charge in [0, 0.05) is 30.5 Å². The molecule has 1 aliphatic rings. The maximum atomic E-state index is 12.7. The predicted molar refractivity (Wildman–Crippen MR) is 123 cm³/mol. The highest BCUT2D eigenvalue weighted by Crippen LogP contribution is 2.37. The highest BCUT2D eigenvalue weighted by Gasteiger charge is 2.25. The molecule has 0 saturated heterocycles. The molecule has 6 heteroatoms. The first kappa shape index (κ1) is 19.7. The maximum absolute atomic E-state index is 12.7. The van der Waals surface area contributed by atoms with E-state index in [1.807, 2.05) is 18.2 Å². The van der Waals surface area contributed by atoms with Gasteiger partial charge in [-0.15, -0.1) is 0 Å². The number of aryl methyl sites for hydroxylation is 3. The quantitative estimate of drug-likeness (QED) is 0.435. The molecular formula is C25H27N5O. The minimum absolute atomic E-state index is 0.0340. The molecule has 158 valence electrons. The summed E-state index contributed by atoms with van der Waals surface area (Å²) in [6.45, 7) is 3.14. The van der Waals surface area contributed by atoms with Crippen LogP contribution in [0.5, 0.6) is 0 Å². The predicted octanol–water partition coefficient (Wildman–Crippen LogP) is 4.54. The fourth-order valence-corrected chi connectivity index (χ4v) is 4.49. The molecule has 1 aliphatic heterocycles. The summed E-state index contributed by atoms with van der Waals surface area (Å²) in [4.78, 5) is 22.0. The van der Waals surface area contributed by atoms with Crippen molar-refractivity contribution >= 4 is 10.9 Å². The molecule has 4 heterocycles. The summed E-state index contributed by atoms with van der Waals surface area (Å²) in [6.07, 6.45) is 8.21. The van der Waals surface area contributed by atoms with Crippen LogP contribution in [0.15, 0.2) is 47.5 Å². The zero-order valence-corrected chi connectivity index (χ0v) is 18.1. The number of nitrogens with zero attached hydrogens (tertiary/aromatic N) is 5. The Labute approximate surface area is 181 Å². The maximum Gasteiger partial charge on any atom is 0.260 e. The van der Waals surface area contributed by atoms with Gasteiger partial charge < -0.3 is 4.57 Å². The smallest absolute Gasteiger partial charge is 0.260 e. The summed E-state index contributed by atoms with van der Waals surface area (Å²) >= 11 is 0. The first-order chi connectivity index (χ1) is 15.2. The molecule has 1 aromatic carbocycles. The van der Waals surface area contributed by atoms with Crippen molar-refractivity contribution in [2.75, 3.05) is 0 Å². The zero-order chi connectivity index (χ0) is 21.4. The van der Waals surface area contributed by atoms with E-state index < -0.39 is 0 Å². The fourth-order valence-electron chi connectivity index (χ4n) is 4.49. The summed E-state index contributed by atoms with van der Waals surface area (Å²) < 4.78 is 3.64. The van der Waals surface area contributed by atoms with E-state index in [-0.39, 0.29) is 5.56 Å². The molecule has 0 amide bonds. The van der Waals surface area contributed by atoms with Gasteiger partial charge in [0.2, 0.25) is 0 Å². The fraction of sp³-hybridized carbons (Fsp3) is 0.360. The lowest BCUT2D eigenvalue weighted by molar-refractivity contribution is 0.658. The van der Waals surface area contributed by atoms with E-state index in [1.54, 1.807) is 13.4 Å². The molecule has 0 aliphatic carbocycles. The molecule has 0 spiro atoms. The number of fused-ring (bicyclic) bond motifs is 2. The molecule has 5 rings (SSSR count). The van der Waals surface area contributed by atoms with Crippen molar-refractivity contribution < 1.29 is 0 Å². The number of pyridine rings is 1. The lowest BCUT2D eigenvalue weighted by Gasteiger charge is -2.08. The summed E-state index contributed by atoms with van der Waals surface area (Å²) in [6, 6.07) is 12.2. The Morgan fingerprint density at radius 1 is 1.13 bits per heavy atom. The van der Waals surface area contributed by atoms with Crippen molar-refractivity contribution in [1.82, 2.24) is 24.3 Å². The summed E-state index contributed by atoms with van der Waals surface area (Å²) in [7, 11) is 1.73. The Kier molecular flexibility index (Phi) is 5.14. The molecule has 4 aromatic rings. The normalized spacial score (nSPS) is 13.1. The molecule has 0 radical (unpaired) electrons. The Hall–Kier alpha value is -3.28. The van der Waals surface area contributed by atoms with Gasteiger partial charge in [0.1, 0.15) is 5.69 Å². The number of rotatable bonds is 6. The Balaban J connectivity index is 1.64. The van der Waals surface area contributed by atoms with Crippen LogP contribution in [0.25, 0.3) is 33.4 Å². The highest BCUT2D eigenvalue weighted by atomic mass is 16.1. The van der Waals surface area contributed by atoms with E-state index in [0.717, 1.165) is 60.4 Å². The van der Waals surface area contributed by atoms with Gasteiger partial charge in [0.05, 0.1) is 22.9 Å². The largest absolute Gasteiger partial charge is 0.302 e. The second kappa shape index (κ2) is 8.10. The van der Waals surface area contributed by atoms with Crippen LogP contribution in [0.2, 0.25) is 0 Å². The van der Waals surface area contributed by atoms with Crippen molar-refractivity contribution in [2.24, 2.45) is 7.05 Å². The summed E-state index contributed by atoms with van der Waals surface area (Å²) in [5, 5.41) is 5.58. The van der Waals surface area contributed by atoms with Crippen LogP contribution in [0, 0.1) is 0 Å². The molecular weight excluding hydrogens is 386 g/mol. The molecule has 0 N–H and O–H groups in total. The van der Waals surface area contributed by atoms with Crippen LogP contribution in [-0.4, -0.2) is 24.3 Å². The van der Waals surface area contributed by atoms with Gasteiger partial charge in [-0.2, -0.15) is 5.10 Å². The molecule has 0 saturated carbocycles. The number of benzene rings is 1. The molecule has 31 heavy (non-hydrogen) atoms. The molecule has 0 bridgehead atoms. The monoisotopic (exact) mass is 413 g/mol. The third kappa shape index (κ3) is 3.56. The minimum atomic E-state index is -0.0340. The topological polar surface area (TPSA) is 65.6 Å². The third-order valence-electron chi connectivity index (χ3n) is 6.13.